The Kier molecular flexibility index (Phi) is 3.49. The summed E-state index contributed by atoms with van der Waals surface area (Å²) >= 11 is 6.88. The summed E-state index contributed by atoms with van der Waals surface area (Å²) in [6.07, 6.45) is 0.649. The van der Waals surface area contributed by atoms with Gasteiger partial charge in [0.2, 0.25) is 5.88 Å². The largest absolute Gasteiger partial charge is 0.493 e. The van der Waals surface area contributed by atoms with Crippen LogP contribution in [0.15, 0.2) is 22.4 Å². The molecule has 1 aliphatic carbocycles. The van der Waals surface area contributed by atoms with Crippen LogP contribution in [0.25, 0.3) is 10.9 Å². The van der Waals surface area contributed by atoms with Gasteiger partial charge in [0.15, 0.2) is 5.69 Å². The van der Waals surface area contributed by atoms with Crippen molar-refractivity contribution in [3.63, 3.8) is 0 Å². The van der Waals surface area contributed by atoms with E-state index in [1.165, 1.54) is 0 Å². The van der Waals surface area contributed by atoms with Gasteiger partial charge in [0.1, 0.15) is 0 Å². The number of nitrogens with zero attached hydrogens (tertiary/aromatic N) is 2. The van der Waals surface area contributed by atoms with E-state index in [1.807, 2.05) is 32.9 Å². The standard InChI is InChI=1S/C15H15Br2N3O2/c1-7-4-8(2)10-9(5-7)11(12(21)18-10)19-20-13(22)14(3)6-15(14,16)17/h4-5,18,21H,6H2,1-3H3. The number of aromatic hydroxyl groups is 1. The Balaban J connectivity index is 2.00. The van der Waals surface area contributed by atoms with Crippen molar-refractivity contribution < 1.29 is 9.90 Å². The van der Waals surface area contributed by atoms with Gasteiger partial charge in [-0.15, -0.1) is 10.2 Å². The highest BCUT2D eigenvalue weighted by molar-refractivity contribution is 9.25. The molecule has 1 aromatic carbocycles. The Morgan fingerprint density at radius 3 is 2.59 bits per heavy atom. The number of hydrogen-bond acceptors (Lipinski definition) is 3. The zero-order chi connectivity index (χ0) is 16.3. The van der Waals surface area contributed by atoms with E-state index in [9.17, 15) is 9.90 Å². The molecule has 1 aliphatic rings. The van der Waals surface area contributed by atoms with Crippen molar-refractivity contribution in [2.24, 2.45) is 15.6 Å². The molecule has 0 saturated heterocycles. The quantitative estimate of drug-likeness (QED) is 0.521. The first-order valence-corrected chi connectivity index (χ1v) is 8.40. The maximum Gasteiger partial charge on any atom is 0.272 e. The summed E-state index contributed by atoms with van der Waals surface area (Å²) in [5.41, 5.74) is 2.56. The lowest BCUT2D eigenvalue weighted by Gasteiger charge is -2.05. The third-order valence-electron chi connectivity index (χ3n) is 4.17. The molecule has 0 radical (unpaired) electrons. The molecule has 2 aromatic rings. The monoisotopic (exact) mass is 427 g/mol. The lowest BCUT2D eigenvalue weighted by atomic mass is 10.1. The van der Waals surface area contributed by atoms with Gasteiger partial charge in [-0.05, 0) is 38.8 Å². The van der Waals surface area contributed by atoms with Crippen LogP contribution >= 0.6 is 31.9 Å². The number of fused-ring (bicyclic) bond motifs is 1. The predicted octanol–water partition coefficient (Wildman–Crippen LogP) is 5.00. The van der Waals surface area contributed by atoms with Gasteiger partial charge in [-0.3, -0.25) is 4.79 Å². The third kappa shape index (κ3) is 2.31. The summed E-state index contributed by atoms with van der Waals surface area (Å²) in [6, 6.07) is 3.93. The third-order valence-corrected chi connectivity index (χ3v) is 6.48. The molecule has 2 N–H and O–H groups in total. The van der Waals surface area contributed by atoms with E-state index in [2.05, 4.69) is 47.1 Å². The number of benzene rings is 1. The number of H-pyrrole nitrogens is 1. The van der Waals surface area contributed by atoms with Crippen LogP contribution in [-0.2, 0) is 4.79 Å². The molecule has 1 amide bonds. The van der Waals surface area contributed by atoms with Gasteiger partial charge in [-0.1, -0.05) is 43.5 Å². The first-order chi connectivity index (χ1) is 10.2. The van der Waals surface area contributed by atoms with Gasteiger partial charge in [-0.2, -0.15) is 0 Å². The fourth-order valence-electron chi connectivity index (χ4n) is 2.56. The van der Waals surface area contributed by atoms with Crippen LogP contribution in [0.3, 0.4) is 0 Å². The lowest BCUT2D eigenvalue weighted by molar-refractivity contribution is -0.122. The normalized spacial score (nSPS) is 23.3. The Morgan fingerprint density at radius 1 is 1.36 bits per heavy atom. The number of rotatable bonds is 2. The number of alkyl halides is 2. The van der Waals surface area contributed by atoms with Crippen molar-refractivity contribution in [3.8, 4) is 5.88 Å². The maximum absolute atomic E-state index is 12.2. The molecule has 0 spiro atoms. The minimum Gasteiger partial charge on any atom is -0.493 e. The van der Waals surface area contributed by atoms with Crippen LogP contribution < -0.4 is 0 Å². The zero-order valence-electron chi connectivity index (χ0n) is 12.4. The van der Waals surface area contributed by atoms with E-state index in [0.29, 0.717) is 12.1 Å². The predicted molar refractivity (Wildman–Crippen MR) is 92.3 cm³/mol. The molecule has 116 valence electrons. The first-order valence-electron chi connectivity index (χ1n) is 6.81. The number of aromatic nitrogens is 1. The van der Waals surface area contributed by atoms with Crippen molar-refractivity contribution in [3.05, 3.63) is 23.3 Å². The van der Waals surface area contributed by atoms with Gasteiger partial charge in [0.05, 0.1) is 14.2 Å². The van der Waals surface area contributed by atoms with Gasteiger partial charge in [0, 0.05) is 5.39 Å². The van der Waals surface area contributed by atoms with Crippen LogP contribution in [0.2, 0.25) is 0 Å². The van der Waals surface area contributed by atoms with Crippen molar-refractivity contribution in [2.45, 2.75) is 30.4 Å². The minimum absolute atomic E-state index is 0.0786. The molecule has 1 saturated carbocycles. The number of aryl methyl sites for hydroxylation is 2. The summed E-state index contributed by atoms with van der Waals surface area (Å²) in [5.74, 6) is -0.399. The van der Waals surface area contributed by atoms with E-state index in [0.717, 1.165) is 22.0 Å². The number of aromatic amines is 1. The molecule has 5 nitrogen and oxygen atoms in total. The fraction of sp³-hybridized carbons (Fsp3) is 0.400. The SMILES string of the molecule is Cc1cc(C)c2[nH]c(O)c(N=NC(=O)C3(C)CC3(Br)Br)c2c1. The van der Waals surface area contributed by atoms with Crippen molar-refractivity contribution in [1.29, 1.82) is 0 Å². The molecule has 22 heavy (non-hydrogen) atoms. The van der Waals surface area contributed by atoms with Gasteiger partial charge in [-0.25, -0.2) is 0 Å². The molecule has 1 atom stereocenters. The van der Waals surface area contributed by atoms with E-state index < -0.39 is 8.65 Å². The topological polar surface area (TPSA) is 77.8 Å². The zero-order valence-corrected chi connectivity index (χ0v) is 15.5. The first kappa shape index (κ1) is 15.7. The Morgan fingerprint density at radius 2 is 2.00 bits per heavy atom. The lowest BCUT2D eigenvalue weighted by Crippen LogP contribution is -2.14. The number of halogens is 2. The van der Waals surface area contributed by atoms with Crippen LogP contribution in [-0.4, -0.2) is 19.2 Å². The molecule has 1 fully saturated rings. The molecule has 1 heterocycles. The second kappa shape index (κ2) is 4.89. The Labute approximate surface area is 144 Å². The number of carbonyl (C=O) groups is 1. The molecular formula is C15H15Br2N3O2. The molecule has 3 rings (SSSR count). The molecule has 7 heteroatoms. The van der Waals surface area contributed by atoms with E-state index >= 15 is 0 Å². The van der Waals surface area contributed by atoms with E-state index in [-0.39, 0.29) is 11.8 Å². The average molecular weight is 429 g/mol. The molecule has 0 aliphatic heterocycles. The smallest absolute Gasteiger partial charge is 0.272 e. The van der Waals surface area contributed by atoms with Crippen molar-refractivity contribution >= 4 is 54.4 Å². The highest BCUT2D eigenvalue weighted by atomic mass is 79.9. The van der Waals surface area contributed by atoms with Gasteiger partial charge in [0.25, 0.3) is 5.91 Å². The van der Waals surface area contributed by atoms with Gasteiger partial charge < -0.3 is 10.1 Å². The molecular weight excluding hydrogens is 414 g/mol. The maximum atomic E-state index is 12.2. The second-order valence-electron chi connectivity index (χ2n) is 6.05. The summed E-state index contributed by atoms with van der Waals surface area (Å²) in [6.45, 7) is 5.74. The van der Waals surface area contributed by atoms with Gasteiger partial charge >= 0.3 is 0 Å². The number of azo groups is 1. The van der Waals surface area contributed by atoms with Crippen LogP contribution in [0.4, 0.5) is 5.69 Å². The highest BCUT2D eigenvalue weighted by Gasteiger charge is 2.67. The van der Waals surface area contributed by atoms with E-state index in [1.54, 1.807) is 0 Å². The fourth-order valence-corrected chi connectivity index (χ4v) is 4.03. The summed E-state index contributed by atoms with van der Waals surface area (Å²) in [7, 11) is 0. The number of nitrogens with one attached hydrogen (secondary N) is 1. The molecule has 1 aromatic heterocycles. The Bertz CT molecular complexity index is 826. The number of carbonyl (C=O) groups excluding carboxylic acids is 1. The van der Waals surface area contributed by atoms with Crippen LogP contribution in [0.5, 0.6) is 5.88 Å². The molecule has 1 unspecified atom stereocenters. The minimum atomic E-state index is -0.607. The second-order valence-corrected chi connectivity index (χ2v) is 9.82. The van der Waals surface area contributed by atoms with Crippen LogP contribution in [0, 0.1) is 19.3 Å². The highest BCUT2D eigenvalue weighted by Crippen LogP contribution is 2.66. The summed E-state index contributed by atoms with van der Waals surface area (Å²) in [4.78, 5) is 15.1. The van der Waals surface area contributed by atoms with Crippen molar-refractivity contribution in [1.82, 2.24) is 4.98 Å². The van der Waals surface area contributed by atoms with E-state index in [4.69, 9.17) is 0 Å². The van der Waals surface area contributed by atoms with Crippen molar-refractivity contribution in [2.75, 3.05) is 0 Å². The average Bonchev–Trinajstić information content (AvgIpc) is 2.77. The summed E-state index contributed by atoms with van der Waals surface area (Å²) < 4.78 is -0.404. The Hall–Kier alpha value is -1.21. The summed E-state index contributed by atoms with van der Waals surface area (Å²) in [5, 5.41) is 18.6. The molecule has 0 bridgehead atoms. The number of hydrogen-bond donors (Lipinski definition) is 2. The number of amides is 1. The van der Waals surface area contributed by atoms with Crippen LogP contribution in [0.1, 0.15) is 24.5 Å².